The number of aryl methyl sites for hydroxylation is 1. The lowest BCUT2D eigenvalue weighted by Gasteiger charge is -2.21. The molecular weight excluding hydrogens is 404 g/mol. The molecular formula is C27H40O5. The smallest absolute Gasteiger partial charge is 0.306 e. The quantitative estimate of drug-likeness (QED) is 0.434. The van der Waals surface area contributed by atoms with Gasteiger partial charge in [-0.3, -0.25) is 4.79 Å². The Kier molecular flexibility index (Phi) is 9.76. The molecule has 2 aliphatic rings. The molecule has 1 aliphatic heterocycles. The van der Waals surface area contributed by atoms with E-state index in [1.54, 1.807) is 0 Å². The summed E-state index contributed by atoms with van der Waals surface area (Å²) in [6, 6.07) is 10.2. The van der Waals surface area contributed by atoms with Gasteiger partial charge in [0.05, 0.1) is 24.2 Å². The van der Waals surface area contributed by atoms with Crippen molar-refractivity contribution in [2.75, 3.05) is 6.61 Å². The molecule has 0 bridgehead atoms. The number of hydrogen-bond donors (Lipinski definition) is 3. The van der Waals surface area contributed by atoms with E-state index >= 15 is 0 Å². The number of benzene rings is 1. The Hall–Kier alpha value is -1.69. The van der Waals surface area contributed by atoms with Gasteiger partial charge in [0.1, 0.15) is 0 Å². The molecule has 2 fully saturated rings. The number of hydrogen-bond acceptors (Lipinski definition) is 4. The van der Waals surface area contributed by atoms with E-state index in [-0.39, 0.29) is 23.9 Å². The highest BCUT2D eigenvalue weighted by atomic mass is 16.5. The number of fused-ring (bicyclic) bond motifs is 1. The number of carboxylic acids is 1. The van der Waals surface area contributed by atoms with Crippen molar-refractivity contribution in [2.45, 2.75) is 83.0 Å². The third-order valence-corrected chi connectivity index (χ3v) is 7.38. The van der Waals surface area contributed by atoms with Gasteiger partial charge in [0.15, 0.2) is 0 Å². The van der Waals surface area contributed by atoms with E-state index in [0.717, 1.165) is 38.5 Å². The third-order valence-electron chi connectivity index (χ3n) is 7.38. The zero-order valence-corrected chi connectivity index (χ0v) is 19.3. The first-order valence-corrected chi connectivity index (χ1v) is 12.4. The zero-order chi connectivity index (χ0) is 22.9. The van der Waals surface area contributed by atoms with E-state index in [0.29, 0.717) is 31.8 Å². The van der Waals surface area contributed by atoms with Gasteiger partial charge in [0, 0.05) is 18.9 Å². The second kappa shape index (κ2) is 12.5. The van der Waals surface area contributed by atoms with Crippen LogP contribution in [0.15, 0.2) is 42.5 Å². The van der Waals surface area contributed by atoms with E-state index in [1.807, 2.05) is 37.3 Å². The van der Waals surface area contributed by atoms with Crippen molar-refractivity contribution in [1.82, 2.24) is 0 Å². The SMILES string of the molecule is CCCC(CC[C@@H]1CC[C@@H]2[C@@H](C=C[C@@H](O)CCc3ccccc3)[C@H](O)C[C@@H]2OC1)C(=O)O. The highest BCUT2D eigenvalue weighted by Crippen LogP contribution is 2.42. The van der Waals surface area contributed by atoms with Crippen LogP contribution < -0.4 is 0 Å². The average molecular weight is 445 g/mol. The Morgan fingerprint density at radius 1 is 1.19 bits per heavy atom. The minimum absolute atomic E-state index is 0.0111. The maximum atomic E-state index is 11.4. The standard InChI is InChI=1S/C27H40O5/c1-2-6-21(27(30)31)12-9-20-11-15-24-23(25(29)17-26(24)32-18-20)16-14-22(28)13-10-19-7-4-3-5-8-19/h3-5,7-8,14,16,20-26,28-29H,2,6,9-13,15,17-18H2,1H3,(H,30,31)/t20-,21?,22+,23-,24-,25-,26+/m1/s1. The van der Waals surface area contributed by atoms with Crippen LogP contribution in [0.4, 0.5) is 0 Å². The molecule has 1 saturated heterocycles. The van der Waals surface area contributed by atoms with Crippen molar-refractivity contribution in [2.24, 2.45) is 23.7 Å². The van der Waals surface area contributed by atoms with Gasteiger partial charge < -0.3 is 20.1 Å². The second-order valence-corrected chi connectivity index (χ2v) is 9.74. The number of carboxylic acid groups (broad SMARTS) is 1. The van der Waals surface area contributed by atoms with Gasteiger partial charge in [-0.15, -0.1) is 0 Å². The summed E-state index contributed by atoms with van der Waals surface area (Å²) in [6.45, 7) is 2.69. The number of aliphatic hydroxyl groups is 2. The first kappa shape index (κ1) is 24.9. The monoisotopic (exact) mass is 444 g/mol. The minimum atomic E-state index is -0.683. The highest BCUT2D eigenvalue weighted by Gasteiger charge is 2.43. The van der Waals surface area contributed by atoms with Crippen molar-refractivity contribution in [1.29, 1.82) is 0 Å². The molecule has 0 amide bonds. The number of ether oxygens (including phenoxy) is 1. The van der Waals surface area contributed by atoms with Crippen LogP contribution in [0.5, 0.6) is 0 Å². The van der Waals surface area contributed by atoms with Crippen molar-refractivity contribution in [3.05, 3.63) is 48.0 Å². The van der Waals surface area contributed by atoms with Crippen LogP contribution in [0, 0.1) is 23.7 Å². The van der Waals surface area contributed by atoms with Crippen LogP contribution in [-0.2, 0) is 16.0 Å². The molecule has 32 heavy (non-hydrogen) atoms. The fraction of sp³-hybridized carbons (Fsp3) is 0.667. The predicted molar refractivity (Wildman–Crippen MR) is 125 cm³/mol. The summed E-state index contributed by atoms with van der Waals surface area (Å²) >= 11 is 0. The first-order valence-electron chi connectivity index (χ1n) is 12.4. The summed E-state index contributed by atoms with van der Waals surface area (Å²) in [7, 11) is 0. The van der Waals surface area contributed by atoms with Crippen LogP contribution >= 0.6 is 0 Å². The van der Waals surface area contributed by atoms with E-state index in [1.165, 1.54) is 5.56 Å². The molecule has 178 valence electrons. The Morgan fingerprint density at radius 2 is 1.97 bits per heavy atom. The summed E-state index contributed by atoms with van der Waals surface area (Å²) in [6.07, 6.45) is 10.3. The van der Waals surface area contributed by atoms with Crippen molar-refractivity contribution >= 4 is 5.97 Å². The van der Waals surface area contributed by atoms with Gasteiger partial charge >= 0.3 is 5.97 Å². The number of aliphatic carboxylic acids is 1. The minimum Gasteiger partial charge on any atom is -0.481 e. The molecule has 1 aromatic rings. The molecule has 3 rings (SSSR count). The van der Waals surface area contributed by atoms with Gasteiger partial charge in [-0.05, 0) is 62.3 Å². The van der Waals surface area contributed by atoms with E-state index in [9.17, 15) is 20.1 Å². The molecule has 1 aromatic carbocycles. The molecule has 0 radical (unpaired) electrons. The Labute approximate surface area is 192 Å². The highest BCUT2D eigenvalue weighted by molar-refractivity contribution is 5.69. The number of aliphatic hydroxyl groups excluding tert-OH is 2. The van der Waals surface area contributed by atoms with Gasteiger partial charge in [-0.1, -0.05) is 55.8 Å². The molecule has 5 nitrogen and oxygen atoms in total. The lowest BCUT2D eigenvalue weighted by atomic mass is 9.85. The van der Waals surface area contributed by atoms with Gasteiger partial charge in [0.2, 0.25) is 0 Å². The summed E-state index contributed by atoms with van der Waals surface area (Å²) in [5, 5.41) is 30.4. The fourth-order valence-electron chi connectivity index (χ4n) is 5.43. The average Bonchev–Trinajstić information content (AvgIpc) is 2.95. The maximum absolute atomic E-state index is 11.4. The van der Waals surface area contributed by atoms with Crippen LogP contribution in [0.2, 0.25) is 0 Å². The summed E-state index contributed by atoms with van der Waals surface area (Å²) in [5.74, 6) is -0.275. The van der Waals surface area contributed by atoms with Crippen LogP contribution in [-0.4, -0.2) is 46.2 Å². The van der Waals surface area contributed by atoms with Crippen molar-refractivity contribution < 1.29 is 24.9 Å². The van der Waals surface area contributed by atoms with E-state index in [2.05, 4.69) is 12.1 Å². The van der Waals surface area contributed by atoms with Crippen molar-refractivity contribution in [3.8, 4) is 0 Å². The first-order chi connectivity index (χ1) is 15.5. The van der Waals surface area contributed by atoms with Crippen LogP contribution in [0.3, 0.4) is 0 Å². The molecule has 3 N–H and O–H groups in total. The molecule has 1 heterocycles. The van der Waals surface area contributed by atoms with Gasteiger partial charge in [0.25, 0.3) is 0 Å². The summed E-state index contributed by atoms with van der Waals surface area (Å²) in [5.41, 5.74) is 1.22. The number of carbonyl (C=O) groups is 1. The summed E-state index contributed by atoms with van der Waals surface area (Å²) in [4.78, 5) is 11.4. The third kappa shape index (κ3) is 7.16. The molecule has 0 spiro atoms. The summed E-state index contributed by atoms with van der Waals surface area (Å²) < 4.78 is 6.20. The largest absolute Gasteiger partial charge is 0.481 e. The maximum Gasteiger partial charge on any atom is 0.306 e. The van der Waals surface area contributed by atoms with E-state index in [4.69, 9.17) is 4.74 Å². The Bertz CT molecular complexity index is 718. The lowest BCUT2D eigenvalue weighted by molar-refractivity contribution is -0.142. The van der Waals surface area contributed by atoms with E-state index < -0.39 is 18.2 Å². The zero-order valence-electron chi connectivity index (χ0n) is 19.3. The molecule has 0 aromatic heterocycles. The fourth-order valence-corrected chi connectivity index (χ4v) is 5.43. The number of rotatable bonds is 11. The Balaban J connectivity index is 1.49. The molecule has 5 heteroatoms. The van der Waals surface area contributed by atoms with Gasteiger partial charge in [-0.2, -0.15) is 0 Å². The predicted octanol–water partition coefficient (Wildman–Crippen LogP) is 4.61. The normalized spacial score (nSPS) is 30.0. The Morgan fingerprint density at radius 3 is 2.69 bits per heavy atom. The molecule has 1 aliphatic carbocycles. The second-order valence-electron chi connectivity index (χ2n) is 9.74. The topological polar surface area (TPSA) is 87.0 Å². The van der Waals surface area contributed by atoms with Gasteiger partial charge in [-0.25, -0.2) is 0 Å². The van der Waals surface area contributed by atoms with Crippen LogP contribution in [0.25, 0.3) is 0 Å². The molecule has 1 saturated carbocycles. The van der Waals surface area contributed by atoms with Crippen molar-refractivity contribution in [3.63, 3.8) is 0 Å². The van der Waals surface area contributed by atoms with Crippen LogP contribution in [0.1, 0.15) is 63.9 Å². The molecule has 7 atom stereocenters. The lowest BCUT2D eigenvalue weighted by Crippen LogP contribution is -2.21. The molecule has 1 unspecified atom stereocenters.